The monoisotopic (exact) mass is 319 g/mol. The Morgan fingerprint density at radius 2 is 1.74 bits per heavy atom. The molecule has 0 aromatic heterocycles. The summed E-state index contributed by atoms with van der Waals surface area (Å²) in [7, 11) is 1.58. The lowest BCUT2D eigenvalue weighted by Gasteiger charge is -2.38. The number of carbonyl (C=O) groups is 2. The Labute approximate surface area is 137 Å². The van der Waals surface area contributed by atoms with Gasteiger partial charge in [-0.2, -0.15) is 0 Å². The molecule has 5 heteroatoms. The molecule has 0 radical (unpaired) electrons. The molecular formula is C18H25NO4. The van der Waals surface area contributed by atoms with Crippen molar-refractivity contribution < 1.29 is 19.1 Å². The molecule has 0 saturated carbocycles. The fourth-order valence-corrected chi connectivity index (χ4v) is 2.66. The number of hydrogen-bond donors (Lipinski definition) is 0. The van der Waals surface area contributed by atoms with Crippen LogP contribution in [0.3, 0.4) is 0 Å². The van der Waals surface area contributed by atoms with E-state index < -0.39 is 11.2 Å². The maximum atomic E-state index is 12.0. The highest BCUT2D eigenvalue weighted by atomic mass is 16.6. The molecule has 1 aromatic rings. The van der Waals surface area contributed by atoms with Gasteiger partial charge in [0.25, 0.3) is 0 Å². The third-order valence-corrected chi connectivity index (χ3v) is 4.10. The highest BCUT2D eigenvalue weighted by Gasteiger charge is 2.34. The minimum atomic E-state index is -0.646. The molecule has 1 heterocycles. The van der Waals surface area contributed by atoms with E-state index in [0.29, 0.717) is 18.4 Å². The smallest absolute Gasteiger partial charge is 0.338 e. The lowest BCUT2D eigenvalue weighted by molar-refractivity contribution is -0.129. The van der Waals surface area contributed by atoms with Crippen molar-refractivity contribution in [1.29, 1.82) is 0 Å². The fraction of sp³-hybridized carbons (Fsp3) is 0.556. The van der Waals surface area contributed by atoms with Gasteiger partial charge >= 0.3 is 5.97 Å². The van der Waals surface area contributed by atoms with Crippen LogP contribution in [0, 0.1) is 0 Å². The number of benzene rings is 1. The van der Waals surface area contributed by atoms with Gasteiger partial charge in [-0.15, -0.1) is 0 Å². The molecule has 126 valence electrons. The molecule has 5 nitrogen and oxygen atoms in total. The Kier molecular flexibility index (Phi) is 5.09. The molecule has 0 N–H and O–H groups in total. The van der Waals surface area contributed by atoms with E-state index in [1.54, 1.807) is 19.2 Å². The van der Waals surface area contributed by atoms with Crippen LogP contribution in [0.2, 0.25) is 0 Å². The quantitative estimate of drug-likeness (QED) is 0.631. The van der Waals surface area contributed by atoms with E-state index >= 15 is 0 Å². The predicted octanol–water partition coefficient (Wildman–Crippen LogP) is 2.83. The van der Waals surface area contributed by atoms with Gasteiger partial charge in [0.15, 0.2) is 6.29 Å². The first-order chi connectivity index (χ1) is 10.8. The number of hydrogen-bond acceptors (Lipinski definition) is 5. The minimum absolute atomic E-state index is 0.318. The first-order valence-electron chi connectivity index (χ1n) is 7.88. The molecule has 0 bridgehead atoms. The number of ether oxygens (including phenoxy) is 2. The van der Waals surface area contributed by atoms with Crippen molar-refractivity contribution in [1.82, 2.24) is 0 Å². The van der Waals surface area contributed by atoms with Crippen molar-refractivity contribution >= 4 is 17.9 Å². The van der Waals surface area contributed by atoms with Crippen LogP contribution < -0.4 is 4.90 Å². The third-order valence-electron chi connectivity index (χ3n) is 4.10. The molecule has 2 rings (SSSR count). The van der Waals surface area contributed by atoms with Crippen molar-refractivity contribution in [3.8, 4) is 0 Å². The third kappa shape index (κ3) is 4.32. The highest BCUT2D eigenvalue weighted by molar-refractivity contribution is 5.90. The Morgan fingerprint density at radius 1 is 1.17 bits per heavy atom. The van der Waals surface area contributed by atoms with Crippen LogP contribution >= 0.6 is 0 Å². The average molecular weight is 319 g/mol. The molecule has 0 aliphatic carbocycles. The molecule has 1 aromatic carbocycles. The van der Waals surface area contributed by atoms with Crippen molar-refractivity contribution in [3.05, 3.63) is 29.8 Å². The first kappa shape index (κ1) is 17.5. The van der Waals surface area contributed by atoms with E-state index in [0.717, 1.165) is 25.1 Å². The molecule has 0 unspecified atom stereocenters. The summed E-state index contributed by atoms with van der Waals surface area (Å²) in [6.45, 7) is 7.04. The summed E-state index contributed by atoms with van der Waals surface area (Å²) in [5.74, 6) is -0.318. The average Bonchev–Trinajstić information content (AvgIpc) is 2.53. The molecule has 23 heavy (non-hydrogen) atoms. The normalized spacial score (nSPS) is 17.7. The topological polar surface area (TPSA) is 55.8 Å². The first-order valence-corrected chi connectivity index (χ1v) is 7.88. The van der Waals surface area contributed by atoms with E-state index in [4.69, 9.17) is 9.47 Å². The zero-order chi connectivity index (χ0) is 17.1. The molecule has 1 fully saturated rings. The zero-order valence-corrected chi connectivity index (χ0v) is 14.3. The van der Waals surface area contributed by atoms with Gasteiger partial charge in [0.1, 0.15) is 11.2 Å². The van der Waals surface area contributed by atoms with Crippen LogP contribution in [0.15, 0.2) is 24.3 Å². The molecule has 1 aliphatic rings. The summed E-state index contributed by atoms with van der Waals surface area (Å²) in [6, 6.07) is 7.39. The van der Waals surface area contributed by atoms with Gasteiger partial charge in [-0.3, -0.25) is 0 Å². The number of rotatable bonds is 4. The van der Waals surface area contributed by atoms with Crippen LogP contribution in [-0.2, 0) is 14.3 Å². The van der Waals surface area contributed by atoms with Crippen LogP contribution in [0.1, 0.15) is 44.0 Å². The van der Waals surface area contributed by atoms with E-state index in [-0.39, 0.29) is 5.97 Å². The fourth-order valence-electron chi connectivity index (χ4n) is 2.66. The number of esters is 1. The van der Waals surface area contributed by atoms with Gasteiger partial charge in [-0.05, 0) is 45.0 Å². The van der Waals surface area contributed by atoms with Gasteiger partial charge in [0.2, 0.25) is 0 Å². The van der Waals surface area contributed by atoms with E-state index in [2.05, 4.69) is 4.90 Å². The van der Waals surface area contributed by atoms with Crippen LogP contribution in [0.5, 0.6) is 0 Å². The summed E-state index contributed by atoms with van der Waals surface area (Å²) < 4.78 is 10.7. The lowest BCUT2D eigenvalue weighted by atomic mass is 9.92. The second-order valence-electron chi connectivity index (χ2n) is 6.92. The van der Waals surface area contributed by atoms with Crippen LogP contribution in [0.25, 0.3) is 0 Å². The Bertz CT molecular complexity index is 551. The summed E-state index contributed by atoms with van der Waals surface area (Å²) in [4.78, 5) is 25.4. The lowest BCUT2D eigenvalue weighted by Crippen LogP contribution is -2.46. The van der Waals surface area contributed by atoms with Gasteiger partial charge < -0.3 is 19.2 Å². The van der Waals surface area contributed by atoms with E-state index in [9.17, 15) is 9.59 Å². The van der Waals surface area contributed by atoms with Gasteiger partial charge in [0.05, 0.1) is 5.56 Å². The number of anilines is 1. The molecule has 1 saturated heterocycles. The maximum Gasteiger partial charge on any atom is 0.338 e. The number of carbonyl (C=O) groups excluding carboxylic acids is 2. The molecule has 0 atom stereocenters. The van der Waals surface area contributed by atoms with E-state index in [1.807, 2.05) is 32.9 Å². The largest absolute Gasteiger partial charge is 0.456 e. The highest BCUT2D eigenvalue weighted by Crippen LogP contribution is 2.27. The number of methoxy groups -OCH3 is 1. The van der Waals surface area contributed by atoms with Crippen LogP contribution in [0.4, 0.5) is 5.69 Å². The summed E-state index contributed by atoms with van der Waals surface area (Å²) in [5.41, 5.74) is 0.432. The molecule has 0 spiro atoms. The Balaban J connectivity index is 2.01. The van der Waals surface area contributed by atoms with Crippen LogP contribution in [-0.4, -0.2) is 43.7 Å². The summed E-state index contributed by atoms with van der Waals surface area (Å²) >= 11 is 0. The summed E-state index contributed by atoms with van der Waals surface area (Å²) in [6.07, 6.45) is 2.25. The maximum absolute atomic E-state index is 12.0. The molecular weight excluding hydrogens is 294 g/mol. The SMILES string of the molecule is COC1(C=O)CCN(c2ccc(C(=O)OC(C)(C)C)cc2)CC1. The van der Waals surface area contributed by atoms with E-state index in [1.165, 1.54) is 0 Å². The molecule has 0 amide bonds. The van der Waals surface area contributed by atoms with Crippen molar-refractivity contribution in [2.24, 2.45) is 0 Å². The van der Waals surface area contributed by atoms with Crippen molar-refractivity contribution in [3.63, 3.8) is 0 Å². The predicted molar refractivity (Wildman–Crippen MR) is 88.9 cm³/mol. The summed E-state index contributed by atoms with van der Waals surface area (Å²) in [5, 5.41) is 0. The minimum Gasteiger partial charge on any atom is -0.456 e. The van der Waals surface area contributed by atoms with Gasteiger partial charge in [0, 0.05) is 38.7 Å². The number of piperidine rings is 1. The Morgan fingerprint density at radius 3 is 2.17 bits per heavy atom. The van der Waals surface area contributed by atoms with Gasteiger partial charge in [-0.25, -0.2) is 4.79 Å². The Hall–Kier alpha value is -1.88. The zero-order valence-electron chi connectivity index (χ0n) is 14.3. The van der Waals surface area contributed by atoms with Crippen molar-refractivity contribution in [2.45, 2.75) is 44.8 Å². The standard InChI is InChI=1S/C18H25NO4/c1-17(2,3)23-16(21)14-5-7-15(8-6-14)19-11-9-18(13-20,22-4)10-12-19/h5-8,13H,9-12H2,1-4H3. The second-order valence-corrected chi connectivity index (χ2v) is 6.92. The number of aldehydes is 1. The number of nitrogens with zero attached hydrogens (tertiary/aromatic N) is 1. The molecule has 1 aliphatic heterocycles. The van der Waals surface area contributed by atoms with Gasteiger partial charge in [-0.1, -0.05) is 0 Å². The second kappa shape index (κ2) is 6.71. The van der Waals surface area contributed by atoms with Crippen molar-refractivity contribution in [2.75, 3.05) is 25.1 Å².